The molecule has 3 heterocycles. The lowest BCUT2D eigenvalue weighted by Crippen LogP contribution is -2.60. The number of methoxy groups -OCH3 is 1. The normalized spacial score (nSPS) is 31.4. The molecule has 2 aromatic carbocycles. The third kappa shape index (κ3) is 5.49. The number of ether oxygens (including phenoxy) is 5. The van der Waals surface area contributed by atoms with Crippen LogP contribution in [0.1, 0.15) is 0 Å². The van der Waals surface area contributed by atoms with Crippen LogP contribution in [0.4, 0.5) is 0 Å². The van der Waals surface area contributed by atoms with E-state index in [4.69, 9.17) is 28.1 Å². The van der Waals surface area contributed by atoms with Crippen LogP contribution in [-0.2, 0) is 14.2 Å². The number of aromatic hydroxyl groups is 2. The molecule has 15 nitrogen and oxygen atoms in total. The summed E-state index contributed by atoms with van der Waals surface area (Å²) in [4.78, 5) is 13.1. The second kappa shape index (κ2) is 12.0. The van der Waals surface area contributed by atoms with Crippen molar-refractivity contribution in [3.05, 3.63) is 46.6 Å². The molecule has 2 aliphatic rings. The topological polar surface area (TPSA) is 238 Å². The van der Waals surface area contributed by atoms with Crippen LogP contribution < -0.4 is 14.9 Å². The lowest BCUT2D eigenvalue weighted by molar-refractivity contribution is -0.290. The van der Waals surface area contributed by atoms with Gasteiger partial charge in [0.05, 0.1) is 20.3 Å². The first kappa shape index (κ1) is 30.0. The molecule has 1 aromatic heterocycles. The highest BCUT2D eigenvalue weighted by Gasteiger charge is 2.47. The Morgan fingerprint density at radius 3 is 2.12 bits per heavy atom. The van der Waals surface area contributed by atoms with E-state index in [1.807, 2.05) is 0 Å². The minimum absolute atomic E-state index is 0.00105. The number of hydrogen-bond acceptors (Lipinski definition) is 15. The highest BCUT2D eigenvalue weighted by molar-refractivity contribution is 5.88. The van der Waals surface area contributed by atoms with Crippen LogP contribution >= 0.6 is 0 Å². The first-order valence-electron chi connectivity index (χ1n) is 12.8. The zero-order valence-corrected chi connectivity index (χ0v) is 22.0. The van der Waals surface area contributed by atoms with Crippen LogP contribution in [0.2, 0.25) is 0 Å². The van der Waals surface area contributed by atoms with Crippen LogP contribution in [0.15, 0.2) is 45.6 Å². The highest BCUT2D eigenvalue weighted by atomic mass is 16.7. The smallest absolute Gasteiger partial charge is 0.239 e. The van der Waals surface area contributed by atoms with Crippen LogP contribution in [0.3, 0.4) is 0 Å². The summed E-state index contributed by atoms with van der Waals surface area (Å²) in [5.41, 5.74) is -0.441. The zero-order valence-electron chi connectivity index (χ0n) is 22.0. The summed E-state index contributed by atoms with van der Waals surface area (Å²) in [7, 11) is 1.25. The second-order valence-electron chi connectivity index (χ2n) is 9.83. The van der Waals surface area contributed by atoms with Crippen molar-refractivity contribution in [1.29, 1.82) is 0 Å². The van der Waals surface area contributed by atoms with Crippen molar-refractivity contribution in [2.45, 2.75) is 55.3 Å². The monoisotopic (exact) mass is 594 g/mol. The number of phenolic OH excluding ortho intramolecular Hbond substituents is 2. The van der Waals surface area contributed by atoms with E-state index in [1.54, 1.807) is 0 Å². The Kier molecular flexibility index (Phi) is 8.56. The summed E-state index contributed by atoms with van der Waals surface area (Å²) in [6.07, 6.45) is -13.6. The Bertz CT molecular complexity index is 1460. The van der Waals surface area contributed by atoms with Crippen LogP contribution in [0, 0.1) is 0 Å². The number of rotatable bonds is 8. The van der Waals surface area contributed by atoms with Gasteiger partial charge in [-0.25, -0.2) is 0 Å². The second-order valence-corrected chi connectivity index (χ2v) is 9.83. The molecule has 42 heavy (non-hydrogen) atoms. The fraction of sp³-hybridized carbons (Fsp3) is 0.444. The van der Waals surface area contributed by atoms with Gasteiger partial charge in [0.15, 0.2) is 12.1 Å². The maximum absolute atomic E-state index is 13.1. The lowest BCUT2D eigenvalue weighted by Gasteiger charge is -2.40. The SMILES string of the molecule is COc1c(-c2ccc(O)cc2)oc2cc(O[C@@H]3O[C@H](CO[C@@H]4O[C@@H](CO)[C@H](O)[C@H]4O)[C@@H](O)[C@H](O)[C@H]3O)cc(O)c2c1=O. The Morgan fingerprint density at radius 1 is 0.833 bits per heavy atom. The molecule has 9 atom stereocenters. The van der Waals surface area contributed by atoms with E-state index in [9.17, 15) is 45.6 Å². The molecule has 8 N–H and O–H groups in total. The summed E-state index contributed by atoms with van der Waals surface area (Å²) in [5.74, 6) is -0.920. The third-order valence-electron chi connectivity index (χ3n) is 7.08. The summed E-state index contributed by atoms with van der Waals surface area (Å²) < 4.78 is 33.0. The maximum atomic E-state index is 13.1. The van der Waals surface area contributed by atoms with Gasteiger partial charge in [-0.3, -0.25) is 4.79 Å². The largest absolute Gasteiger partial charge is 0.508 e. The summed E-state index contributed by atoms with van der Waals surface area (Å²) in [6, 6.07) is 8.02. The zero-order chi connectivity index (χ0) is 30.3. The van der Waals surface area contributed by atoms with Gasteiger partial charge in [0.1, 0.15) is 70.9 Å². The number of fused-ring (bicyclic) bond motifs is 1. The van der Waals surface area contributed by atoms with Gasteiger partial charge in [0, 0.05) is 17.7 Å². The van der Waals surface area contributed by atoms with E-state index in [2.05, 4.69) is 0 Å². The molecule has 0 radical (unpaired) electrons. The molecule has 2 saturated heterocycles. The summed E-state index contributed by atoms with van der Waals surface area (Å²) >= 11 is 0. The van der Waals surface area contributed by atoms with Gasteiger partial charge in [0.25, 0.3) is 0 Å². The molecular weight excluding hydrogens is 564 g/mol. The molecule has 15 heteroatoms. The predicted molar refractivity (Wildman–Crippen MR) is 139 cm³/mol. The summed E-state index contributed by atoms with van der Waals surface area (Å²) in [5, 5.41) is 80.6. The van der Waals surface area contributed by atoms with Gasteiger partial charge in [-0.15, -0.1) is 0 Å². The molecule has 0 saturated carbocycles. The molecule has 0 amide bonds. The van der Waals surface area contributed by atoms with Gasteiger partial charge in [-0.1, -0.05) is 0 Å². The number of phenols is 2. The van der Waals surface area contributed by atoms with E-state index >= 15 is 0 Å². The number of aliphatic hydroxyl groups is 6. The van der Waals surface area contributed by atoms with Gasteiger partial charge < -0.3 is 69.0 Å². The number of hydrogen-bond donors (Lipinski definition) is 8. The fourth-order valence-corrected chi connectivity index (χ4v) is 4.79. The van der Waals surface area contributed by atoms with E-state index in [0.29, 0.717) is 5.56 Å². The maximum Gasteiger partial charge on any atom is 0.239 e. The van der Waals surface area contributed by atoms with Crippen LogP contribution in [-0.4, -0.2) is 116 Å². The lowest BCUT2D eigenvalue weighted by atomic mass is 9.99. The number of aliphatic hydroxyl groups excluding tert-OH is 6. The van der Waals surface area contributed by atoms with Gasteiger partial charge in [-0.2, -0.15) is 0 Å². The van der Waals surface area contributed by atoms with Crippen LogP contribution in [0.5, 0.6) is 23.0 Å². The standard InChI is InChI=1S/C27H30O15/c1-37-25-20(33)17-13(30)6-12(7-14(17)40-24(25)10-2-4-11(29)5-3-10)39-27-23(36)21(34)19(32)16(42-27)9-38-26-22(35)18(31)15(8-28)41-26/h2-7,15-16,18-19,21-23,26-32,34-36H,8-9H2,1H3/t15-,16+,18-,19+,21-,22+,23+,26+,27+/m0/s1. The van der Waals surface area contributed by atoms with E-state index < -0.39 is 79.7 Å². The minimum Gasteiger partial charge on any atom is -0.508 e. The first-order chi connectivity index (χ1) is 20.0. The predicted octanol–water partition coefficient (Wildman–Crippen LogP) is -1.48. The minimum atomic E-state index is -1.78. The van der Waals surface area contributed by atoms with E-state index in [-0.39, 0.29) is 34.0 Å². The molecular formula is C27H30O15. The quantitative estimate of drug-likeness (QED) is 0.148. The van der Waals surface area contributed by atoms with Crippen molar-refractivity contribution in [3.63, 3.8) is 0 Å². The van der Waals surface area contributed by atoms with Crippen molar-refractivity contribution in [2.24, 2.45) is 0 Å². The van der Waals surface area contributed by atoms with Gasteiger partial charge in [-0.05, 0) is 24.3 Å². The van der Waals surface area contributed by atoms with Gasteiger partial charge >= 0.3 is 0 Å². The fourth-order valence-electron chi connectivity index (χ4n) is 4.79. The van der Waals surface area contributed by atoms with Crippen molar-refractivity contribution in [2.75, 3.05) is 20.3 Å². The third-order valence-corrected chi connectivity index (χ3v) is 7.08. The summed E-state index contributed by atoms with van der Waals surface area (Å²) in [6.45, 7) is -1.07. The molecule has 0 bridgehead atoms. The molecule has 2 fully saturated rings. The molecule has 0 unspecified atom stereocenters. The van der Waals surface area contributed by atoms with Crippen molar-refractivity contribution < 1.29 is 69.0 Å². The Labute approximate surface area is 236 Å². The molecule has 5 rings (SSSR count). The molecule has 0 spiro atoms. The molecule has 0 aliphatic carbocycles. The highest BCUT2D eigenvalue weighted by Crippen LogP contribution is 2.37. The number of benzene rings is 2. The van der Waals surface area contributed by atoms with Gasteiger partial charge in [0.2, 0.25) is 17.5 Å². The first-order valence-corrected chi connectivity index (χ1v) is 12.8. The molecule has 3 aromatic rings. The van der Waals surface area contributed by atoms with E-state index in [1.165, 1.54) is 37.4 Å². The Hall–Kier alpha value is -3.51. The van der Waals surface area contributed by atoms with Crippen molar-refractivity contribution >= 4 is 11.0 Å². The Balaban J connectivity index is 1.39. The Morgan fingerprint density at radius 2 is 1.48 bits per heavy atom. The average molecular weight is 595 g/mol. The average Bonchev–Trinajstić information content (AvgIpc) is 3.24. The molecule has 228 valence electrons. The van der Waals surface area contributed by atoms with Crippen LogP contribution in [0.25, 0.3) is 22.3 Å². The van der Waals surface area contributed by atoms with Crippen molar-refractivity contribution in [3.8, 4) is 34.3 Å². The molecule has 2 aliphatic heterocycles. The van der Waals surface area contributed by atoms with E-state index in [0.717, 1.165) is 6.07 Å². The van der Waals surface area contributed by atoms with Crippen molar-refractivity contribution in [1.82, 2.24) is 0 Å².